The summed E-state index contributed by atoms with van der Waals surface area (Å²) in [5.41, 5.74) is 1.27. The van der Waals surface area contributed by atoms with Crippen molar-refractivity contribution >= 4 is 34.2 Å². The molecule has 154 valence electrons. The largest absolute Gasteiger partial charge is 0.335 e. The van der Waals surface area contributed by atoms with Gasteiger partial charge in [-0.15, -0.1) is 0 Å². The van der Waals surface area contributed by atoms with Crippen LogP contribution in [0.4, 0.5) is 25.4 Å². The van der Waals surface area contributed by atoms with Gasteiger partial charge in [0.05, 0.1) is 5.69 Å². The average Bonchev–Trinajstić information content (AvgIpc) is 2.76. The number of likely N-dealkylation sites (tertiary alicyclic amines) is 1. The Kier molecular flexibility index (Phi) is 5.74. The molecule has 2 aromatic carbocycles. The van der Waals surface area contributed by atoms with E-state index in [1.54, 1.807) is 17.3 Å². The lowest BCUT2D eigenvalue weighted by Gasteiger charge is -2.32. The van der Waals surface area contributed by atoms with Gasteiger partial charge in [0.1, 0.15) is 5.82 Å². The van der Waals surface area contributed by atoms with Gasteiger partial charge < -0.3 is 20.9 Å². The third-order valence-electron chi connectivity index (χ3n) is 5.14. The van der Waals surface area contributed by atoms with Crippen molar-refractivity contribution in [2.24, 2.45) is 0 Å². The number of hydrogen-bond acceptors (Lipinski definition) is 3. The smallest absolute Gasteiger partial charge is 0.321 e. The van der Waals surface area contributed by atoms with Crippen LogP contribution in [0, 0.1) is 5.82 Å². The van der Waals surface area contributed by atoms with Crippen LogP contribution in [-0.4, -0.2) is 41.1 Å². The molecule has 8 heteroatoms. The second-order valence-corrected chi connectivity index (χ2v) is 7.20. The van der Waals surface area contributed by atoms with Crippen LogP contribution < -0.4 is 16.0 Å². The maximum absolute atomic E-state index is 12.9. The van der Waals surface area contributed by atoms with Gasteiger partial charge >= 0.3 is 12.1 Å². The number of aromatic nitrogens is 1. The fourth-order valence-corrected chi connectivity index (χ4v) is 3.54. The van der Waals surface area contributed by atoms with Gasteiger partial charge in [-0.1, -0.05) is 12.1 Å². The molecule has 0 radical (unpaired) electrons. The van der Waals surface area contributed by atoms with Crippen molar-refractivity contribution in [3.63, 3.8) is 0 Å². The molecule has 1 aliphatic rings. The summed E-state index contributed by atoms with van der Waals surface area (Å²) in [7, 11) is 0. The van der Waals surface area contributed by atoms with Crippen LogP contribution in [0.1, 0.15) is 12.8 Å². The second-order valence-electron chi connectivity index (χ2n) is 7.20. The molecule has 1 saturated heterocycles. The van der Waals surface area contributed by atoms with E-state index < -0.39 is 0 Å². The molecule has 0 bridgehead atoms. The highest BCUT2D eigenvalue weighted by Crippen LogP contribution is 2.23. The summed E-state index contributed by atoms with van der Waals surface area (Å²) in [4.78, 5) is 30.7. The van der Waals surface area contributed by atoms with Crippen molar-refractivity contribution in [2.75, 3.05) is 23.7 Å². The first kappa shape index (κ1) is 19.6. The van der Waals surface area contributed by atoms with E-state index in [0.29, 0.717) is 31.6 Å². The fraction of sp³-hybridized carbons (Fsp3) is 0.227. The fourth-order valence-electron chi connectivity index (χ4n) is 3.54. The van der Waals surface area contributed by atoms with Crippen LogP contribution >= 0.6 is 0 Å². The first-order chi connectivity index (χ1) is 14.6. The molecule has 4 amide bonds. The maximum atomic E-state index is 12.9. The molecule has 4 rings (SSSR count). The third-order valence-corrected chi connectivity index (χ3v) is 5.14. The summed E-state index contributed by atoms with van der Waals surface area (Å²) in [6.45, 7) is 1.08. The Balaban J connectivity index is 1.28. The number of nitrogens with zero attached hydrogens (tertiary/aromatic N) is 2. The molecule has 7 nitrogen and oxygen atoms in total. The van der Waals surface area contributed by atoms with Crippen LogP contribution in [0.2, 0.25) is 0 Å². The SMILES string of the molecule is O=C(Nc1ccc(F)cc1)NC1CCN(C(=O)Nc2cccc3cnccc23)CC1. The number of carbonyl (C=O) groups excluding carboxylic acids is 2. The van der Waals surface area contributed by atoms with Crippen molar-refractivity contribution in [3.05, 3.63) is 66.7 Å². The number of carbonyl (C=O) groups is 2. The standard InChI is InChI=1S/C22H22FN5O2/c23-16-4-6-17(7-5-16)25-21(29)26-18-9-12-28(13-10-18)22(30)27-20-3-1-2-15-14-24-11-8-19(15)20/h1-8,11,14,18H,9-10,12-13H2,(H,27,30)(H2,25,26,29). The normalized spacial score (nSPS) is 14.4. The lowest BCUT2D eigenvalue weighted by atomic mass is 10.1. The number of rotatable bonds is 3. The summed E-state index contributed by atoms with van der Waals surface area (Å²) >= 11 is 0. The Hall–Kier alpha value is -3.68. The minimum absolute atomic E-state index is 0.0295. The summed E-state index contributed by atoms with van der Waals surface area (Å²) in [5.74, 6) is -0.355. The van der Waals surface area contributed by atoms with Crippen molar-refractivity contribution in [1.82, 2.24) is 15.2 Å². The zero-order valence-corrected chi connectivity index (χ0v) is 16.3. The Morgan fingerprint density at radius 3 is 2.53 bits per heavy atom. The minimum Gasteiger partial charge on any atom is -0.335 e. The van der Waals surface area contributed by atoms with Gasteiger partial charge in [0.2, 0.25) is 0 Å². The van der Waals surface area contributed by atoms with Gasteiger partial charge in [-0.25, -0.2) is 14.0 Å². The van der Waals surface area contributed by atoms with E-state index in [0.717, 1.165) is 16.5 Å². The maximum Gasteiger partial charge on any atom is 0.321 e. The van der Waals surface area contributed by atoms with Crippen molar-refractivity contribution in [1.29, 1.82) is 0 Å². The molecule has 0 aliphatic carbocycles. The van der Waals surface area contributed by atoms with E-state index in [9.17, 15) is 14.0 Å². The van der Waals surface area contributed by atoms with Crippen LogP contribution in [0.5, 0.6) is 0 Å². The van der Waals surface area contributed by atoms with E-state index in [-0.39, 0.29) is 23.9 Å². The van der Waals surface area contributed by atoms with Gasteiger partial charge in [-0.05, 0) is 49.2 Å². The first-order valence-corrected chi connectivity index (χ1v) is 9.80. The summed E-state index contributed by atoms with van der Waals surface area (Å²) < 4.78 is 12.9. The summed E-state index contributed by atoms with van der Waals surface area (Å²) in [6, 6.07) is 12.6. The molecule has 3 N–H and O–H groups in total. The number of benzene rings is 2. The van der Waals surface area contributed by atoms with Gasteiger partial charge in [0.15, 0.2) is 0 Å². The number of anilines is 2. The molecule has 30 heavy (non-hydrogen) atoms. The number of fused-ring (bicyclic) bond motifs is 1. The number of hydrogen-bond donors (Lipinski definition) is 3. The van der Waals surface area contributed by atoms with E-state index in [1.165, 1.54) is 24.3 Å². The van der Waals surface area contributed by atoms with E-state index in [2.05, 4.69) is 20.9 Å². The third kappa shape index (κ3) is 4.65. The molecule has 0 unspecified atom stereocenters. The number of pyridine rings is 1. The highest BCUT2D eigenvalue weighted by Gasteiger charge is 2.24. The van der Waals surface area contributed by atoms with Crippen LogP contribution in [0.15, 0.2) is 60.9 Å². The molecular formula is C22H22FN5O2. The Bertz CT molecular complexity index is 1040. The summed E-state index contributed by atoms with van der Waals surface area (Å²) in [6.07, 6.45) is 4.78. The predicted octanol–water partition coefficient (Wildman–Crippen LogP) is 4.19. The Morgan fingerprint density at radius 1 is 1.00 bits per heavy atom. The van der Waals surface area contributed by atoms with Gasteiger partial charge in [-0.2, -0.15) is 0 Å². The number of amides is 4. The zero-order valence-electron chi connectivity index (χ0n) is 16.3. The minimum atomic E-state index is -0.355. The molecular weight excluding hydrogens is 385 g/mol. The molecule has 0 atom stereocenters. The summed E-state index contributed by atoms with van der Waals surface area (Å²) in [5, 5.41) is 10.5. The van der Waals surface area contributed by atoms with Crippen molar-refractivity contribution in [2.45, 2.75) is 18.9 Å². The Labute approximate surface area is 173 Å². The van der Waals surface area contributed by atoms with Crippen LogP contribution in [0.3, 0.4) is 0 Å². The van der Waals surface area contributed by atoms with Crippen molar-refractivity contribution in [3.8, 4) is 0 Å². The molecule has 0 saturated carbocycles. The van der Waals surface area contributed by atoms with Crippen LogP contribution in [0.25, 0.3) is 10.8 Å². The van der Waals surface area contributed by atoms with E-state index >= 15 is 0 Å². The molecule has 1 fully saturated rings. The quantitative estimate of drug-likeness (QED) is 0.608. The molecule has 3 aromatic rings. The molecule has 0 spiro atoms. The number of urea groups is 2. The monoisotopic (exact) mass is 407 g/mol. The molecule has 1 aliphatic heterocycles. The number of nitrogens with one attached hydrogen (secondary N) is 3. The topological polar surface area (TPSA) is 86.4 Å². The highest BCUT2D eigenvalue weighted by molar-refractivity contribution is 6.01. The van der Waals surface area contributed by atoms with Gasteiger partial charge in [0, 0.05) is 48.0 Å². The Morgan fingerprint density at radius 2 is 1.77 bits per heavy atom. The number of piperidine rings is 1. The van der Waals surface area contributed by atoms with Gasteiger partial charge in [-0.3, -0.25) is 4.98 Å². The lowest BCUT2D eigenvalue weighted by Crippen LogP contribution is -2.48. The van der Waals surface area contributed by atoms with Crippen molar-refractivity contribution < 1.29 is 14.0 Å². The number of halogens is 1. The first-order valence-electron chi connectivity index (χ1n) is 9.80. The second kappa shape index (κ2) is 8.77. The zero-order chi connectivity index (χ0) is 20.9. The lowest BCUT2D eigenvalue weighted by molar-refractivity contribution is 0.189. The highest BCUT2D eigenvalue weighted by atomic mass is 19.1. The predicted molar refractivity (Wildman–Crippen MR) is 114 cm³/mol. The molecule has 1 aromatic heterocycles. The van der Waals surface area contributed by atoms with E-state index in [1.807, 2.05) is 24.3 Å². The van der Waals surface area contributed by atoms with Crippen LogP contribution in [-0.2, 0) is 0 Å². The van der Waals surface area contributed by atoms with E-state index in [4.69, 9.17) is 0 Å². The molecule has 2 heterocycles. The van der Waals surface area contributed by atoms with Gasteiger partial charge in [0.25, 0.3) is 0 Å². The average molecular weight is 407 g/mol.